The molecule has 0 heterocycles. The lowest BCUT2D eigenvalue weighted by Gasteiger charge is -2.08. The number of benzene rings is 1. The fourth-order valence-electron chi connectivity index (χ4n) is 0.993. The van der Waals surface area contributed by atoms with E-state index in [9.17, 15) is 9.50 Å². The van der Waals surface area contributed by atoms with E-state index in [-0.39, 0.29) is 11.4 Å². The molecule has 1 atom stereocenters. The lowest BCUT2D eigenvalue weighted by Crippen LogP contribution is -1.97. The van der Waals surface area contributed by atoms with Crippen molar-refractivity contribution in [2.75, 3.05) is 0 Å². The third-order valence-corrected chi connectivity index (χ3v) is 1.96. The van der Waals surface area contributed by atoms with E-state index >= 15 is 0 Å². The van der Waals surface area contributed by atoms with Gasteiger partial charge in [-0.1, -0.05) is 17.7 Å². The van der Waals surface area contributed by atoms with Gasteiger partial charge in [0.15, 0.2) is 0 Å². The van der Waals surface area contributed by atoms with Crippen molar-refractivity contribution in [3.8, 4) is 12.3 Å². The second-order valence-corrected chi connectivity index (χ2v) is 3.00. The molecule has 0 radical (unpaired) electrons. The highest BCUT2D eigenvalue weighted by atomic mass is 35.5. The van der Waals surface area contributed by atoms with E-state index in [1.807, 2.05) is 0 Å². The van der Waals surface area contributed by atoms with Gasteiger partial charge in [-0.2, -0.15) is 0 Å². The zero-order chi connectivity index (χ0) is 9.84. The van der Waals surface area contributed by atoms with Crippen LogP contribution in [0.4, 0.5) is 4.39 Å². The van der Waals surface area contributed by atoms with E-state index in [1.165, 1.54) is 12.1 Å². The smallest absolute Gasteiger partial charge is 0.124 e. The molecule has 0 saturated heterocycles. The summed E-state index contributed by atoms with van der Waals surface area (Å²) in [7, 11) is 0. The van der Waals surface area contributed by atoms with Gasteiger partial charge in [0, 0.05) is 17.0 Å². The SMILES string of the molecule is C#CCC(O)c1ccc(F)cc1Cl. The van der Waals surface area contributed by atoms with E-state index in [4.69, 9.17) is 18.0 Å². The molecule has 0 aliphatic heterocycles. The Morgan fingerprint density at radius 3 is 2.85 bits per heavy atom. The first kappa shape index (κ1) is 10.0. The molecule has 0 spiro atoms. The molecule has 68 valence electrons. The van der Waals surface area contributed by atoms with Crippen LogP contribution in [0.5, 0.6) is 0 Å². The third kappa shape index (κ3) is 2.45. The van der Waals surface area contributed by atoms with E-state index < -0.39 is 11.9 Å². The first-order valence-corrected chi connectivity index (χ1v) is 4.09. The molecule has 0 aromatic heterocycles. The fourth-order valence-corrected chi connectivity index (χ4v) is 1.29. The minimum atomic E-state index is -0.821. The van der Waals surface area contributed by atoms with Crippen molar-refractivity contribution in [2.24, 2.45) is 0 Å². The van der Waals surface area contributed by atoms with Crippen molar-refractivity contribution in [3.63, 3.8) is 0 Å². The Balaban J connectivity index is 2.96. The van der Waals surface area contributed by atoms with E-state index in [0.717, 1.165) is 6.07 Å². The average Bonchev–Trinajstić information content (AvgIpc) is 2.04. The molecule has 1 aromatic carbocycles. The Bertz CT molecular complexity index is 343. The van der Waals surface area contributed by atoms with Crippen LogP contribution in [-0.4, -0.2) is 5.11 Å². The van der Waals surface area contributed by atoms with Gasteiger partial charge in [-0.15, -0.1) is 12.3 Å². The number of hydrogen-bond acceptors (Lipinski definition) is 1. The molecule has 1 nitrogen and oxygen atoms in total. The van der Waals surface area contributed by atoms with Gasteiger partial charge in [-0.3, -0.25) is 0 Å². The van der Waals surface area contributed by atoms with Crippen LogP contribution in [0.3, 0.4) is 0 Å². The predicted octanol–water partition coefficient (Wildman–Crippen LogP) is 2.54. The van der Waals surface area contributed by atoms with Crippen molar-refractivity contribution in [1.82, 2.24) is 0 Å². The van der Waals surface area contributed by atoms with E-state index in [0.29, 0.717) is 5.56 Å². The maximum Gasteiger partial charge on any atom is 0.124 e. The van der Waals surface area contributed by atoms with Gasteiger partial charge in [0.1, 0.15) is 5.82 Å². The van der Waals surface area contributed by atoms with Gasteiger partial charge in [0.2, 0.25) is 0 Å². The molecule has 0 bridgehead atoms. The number of halogens is 2. The summed E-state index contributed by atoms with van der Waals surface area (Å²) in [6, 6.07) is 3.82. The molecular formula is C10H8ClFO. The number of hydrogen-bond donors (Lipinski definition) is 1. The van der Waals surface area contributed by atoms with Gasteiger partial charge in [0.25, 0.3) is 0 Å². The van der Waals surface area contributed by atoms with Crippen LogP contribution >= 0.6 is 11.6 Å². The summed E-state index contributed by atoms with van der Waals surface area (Å²) in [6.07, 6.45) is 4.37. The molecule has 13 heavy (non-hydrogen) atoms. The molecule has 0 amide bonds. The second kappa shape index (κ2) is 4.27. The summed E-state index contributed by atoms with van der Waals surface area (Å²) in [5.41, 5.74) is 0.459. The van der Waals surface area contributed by atoms with Crippen molar-refractivity contribution < 1.29 is 9.50 Å². The molecule has 3 heteroatoms. The Morgan fingerprint density at radius 2 is 2.31 bits per heavy atom. The number of terminal acetylenes is 1. The Hall–Kier alpha value is -1.04. The summed E-state index contributed by atoms with van der Waals surface area (Å²) < 4.78 is 12.6. The Kier molecular flexibility index (Phi) is 3.30. The quantitative estimate of drug-likeness (QED) is 0.725. The summed E-state index contributed by atoms with van der Waals surface area (Å²) in [4.78, 5) is 0. The Labute approximate surface area is 81.2 Å². The molecule has 0 aliphatic rings. The van der Waals surface area contributed by atoms with E-state index in [2.05, 4.69) is 5.92 Å². The maximum atomic E-state index is 12.6. The molecular weight excluding hydrogens is 191 g/mol. The van der Waals surface area contributed by atoms with Gasteiger partial charge in [-0.25, -0.2) is 4.39 Å². The third-order valence-electron chi connectivity index (χ3n) is 1.63. The summed E-state index contributed by atoms with van der Waals surface area (Å²) >= 11 is 5.69. The van der Waals surface area contributed by atoms with Crippen LogP contribution < -0.4 is 0 Å². The maximum absolute atomic E-state index is 12.6. The monoisotopic (exact) mass is 198 g/mol. The van der Waals surface area contributed by atoms with Crippen molar-refractivity contribution in [3.05, 3.63) is 34.6 Å². The molecule has 1 N–H and O–H groups in total. The molecule has 1 rings (SSSR count). The summed E-state index contributed by atoms with van der Waals surface area (Å²) in [5.74, 6) is 1.88. The predicted molar refractivity (Wildman–Crippen MR) is 49.8 cm³/mol. The number of rotatable bonds is 2. The minimum Gasteiger partial charge on any atom is -0.387 e. The summed E-state index contributed by atoms with van der Waals surface area (Å²) in [6.45, 7) is 0. The minimum absolute atomic E-state index is 0.172. The van der Waals surface area contributed by atoms with Crippen molar-refractivity contribution in [1.29, 1.82) is 0 Å². The largest absolute Gasteiger partial charge is 0.387 e. The zero-order valence-electron chi connectivity index (χ0n) is 6.80. The van der Waals surface area contributed by atoms with Crippen LogP contribution in [0.25, 0.3) is 0 Å². The molecule has 1 aromatic rings. The first-order chi connectivity index (χ1) is 6.15. The highest BCUT2D eigenvalue weighted by Gasteiger charge is 2.10. The average molecular weight is 199 g/mol. The Morgan fingerprint density at radius 1 is 1.62 bits per heavy atom. The second-order valence-electron chi connectivity index (χ2n) is 2.59. The van der Waals surface area contributed by atoms with E-state index in [1.54, 1.807) is 0 Å². The molecule has 0 aliphatic carbocycles. The van der Waals surface area contributed by atoms with Crippen LogP contribution in [0.2, 0.25) is 5.02 Å². The lowest BCUT2D eigenvalue weighted by molar-refractivity contribution is 0.184. The number of aliphatic hydroxyl groups is 1. The first-order valence-electron chi connectivity index (χ1n) is 3.71. The van der Waals surface area contributed by atoms with Crippen LogP contribution in [0.1, 0.15) is 18.1 Å². The van der Waals surface area contributed by atoms with Crippen molar-refractivity contribution in [2.45, 2.75) is 12.5 Å². The lowest BCUT2D eigenvalue weighted by atomic mass is 10.1. The van der Waals surface area contributed by atoms with Gasteiger partial charge in [-0.05, 0) is 12.1 Å². The number of aliphatic hydroxyl groups excluding tert-OH is 1. The highest BCUT2D eigenvalue weighted by Crippen LogP contribution is 2.25. The molecule has 0 saturated carbocycles. The van der Waals surface area contributed by atoms with Crippen LogP contribution in [0, 0.1) is 18.2 Å². The van der Waals surface area contributed by atoms with Crippen LogP contribution in [-0.2, 0) is 0 Å². The zero-order valence-corrected chi connectivity index (χ0v) is 7.55. The molecule has 0 fully saturated rings. The van der Waals surface area contributed by atoms with Gasteiger partial charge in [0.05, 0.1) is 6.10 Å². The van der Waals surface area contributed by atoms with Gasteiger partial charge >= 0.3 is 0 Å². The summed E-state index contributed by atoms with van der Waals surface area (Å²) in [5, 5.41) is 9.64. The van der Waals surface area contributed by atoms with Crippen molar-refractivity contribution >= 4 is 11.6 Å². The molecule has 1 unspecified atom stereocenters. The normalized spacial score (nSPS) is 12.2. The van der Waals surface area contributed by atoms with Crippen LogP contribution in [0.15, 0.2) is 18.2 Å². The highest BCUT2D eigenvalue weighted by molar-refractivity contribution is 6.31. The topological polar surface area (TPSA) is 20.2 Å². The van der Waals surface area contributed by atoms with Gasteiger partial charge < -0.3 is 5.11 Å². The standard InChI is InChI=1S/C10H8ClFO/c1-2-3-10(13)8-5-4-7(12)6-9(8)11/h1,4-6,10,13H,3H2. The fraction of sp³-hybridized carbons (Fsp3) is 0.200.